The molecule has 36 heavy (non-hydrogen) atoms. The number of hydrogen-bond acceptors (Lipinski definition) is 8. The molecule has 0 atom stereocenters. The first-order valence-corrected chi connectivity index (χ1v) is 10.5. The van der Waals surface area contributed by atoms with E-state index in [4.69, 9.17) is 10.5 Å². The number of anilines is 1. The van der Waals surface area contributed by atoms with Crippen LogP contribution < -0.4 is 15.8 Å². The van der Waals surface area contributed by atoms with Crippen molar-refractivity contribution >= 4 is 45.3 Å². The number of methoxy groups -OCH3 is 1. The van der Waals surface area contributed by atoms with Crippen molar-refractivity contribution in [3.8, 4) is 11.5 Å². The zero-order valence-electron chi connectivity index (χ0n) is 18.8. The van der Waals surface area contributed by atoms with Crippen LogP contribution in [0.3, 0.4) is 0 Å². The van der Waals surface area contributed by atoms with Gasteiger partial charge in [0.05, 0.1) is 17.6 Å². The van der Waals surface area contributed by atoms with Crippen LogP contribution in [0, 0.1) is 10.1 Å². The second kappa shape index (κ2) is 9.89. The highest BCUT2D eigenvalue weighted by Crippen LogP contribution is 2.40. The van der Waals surface area contributed by atoms with E-state index in [1.165, 1.54) is 55.6 Å². The van der Waals surface area contributed by atoms with Crippen molar-refractivity contribution in [1.29, 1.82) is 0 Å². The van der Waals surface area contributed by atoms with Crippen LogP contribution in [0.4, 0.5) is 22.7 Å². The summed E-state index contributed by atoms with van der Waals surface area (Å²) in [6.45, 7) is 0. The van der Waals surface area contributed by atoms with Gasteiger partial charge in [-0.25, -0.2) is 0 Å². The van der Waals surface area contributed by atoms with E-state index < -0.39 is 22.5 Å². The second-order valence-corrected chi connectivity index (χ2v) is 7.55. The summed E-state index contributed by atoms with van der Waals surface area (Å²) in [6.07, 6.45) is 0. The fourth-order valence-electron chi connectivity index (χ4n) is 3.48. The number of aromatic hydroxyl groups is 1. The van der Waals surface area contributed by atoms with Crippen molar-refractivity contribution in [3.05, 3.63) is 94.0 Å². The van der Waals surface area contributed by atoms with Gasteiger partial charge >= 0.3 is 0 Å². The van der Waals surface area contributed by atoms with Crippen LogP contribution in [0.1, 0.15) is 20.7 Å². The zero-order valence-corrected chi connectivity index (χ0v) is 18.8. The highest BCUT2D eigenvalue weighted by molar-refractivity contribution is 6.11. The van der Waals surface area contributed by atoms with Crippen molar-refractivity contribution in [1.82, 2.24) is 0 Å². The fraction of sp³-hybridized carbons (Fsp3) is 0.0400. The molecule has 180 valence electrons. The largest absolute Gasteiger partial charge is 0.505 e. The van der Waals surface area contributed by atoms with Gasteiger partial charge < -0.3 is 20.9 Å². The van der Waals surface area contributed by atoms with Gasteiger partial charge in [0.25, 0.3) is 11.6 Å². The number of benzene rings is 4. The number of azo groups is 1. The number of non-ortho nitro benzene ring substituents is 1. The molecule has 0 saturated carbocycles. The van der Waals surface area contributed by atoms with Crippen LogP contribution in [0.2, 0.25) is 0 Å². The number of rotatable bonds is 7. The molecule has 4 N–H and O–H groups in total. The topological polar surface area (TPSA) is 170 Å². The minimum atomic E-state index is -0.660. The van der Waals surface area contributed by atoms with Crippen molar-refractivity contribution < 1.29 is 24.4 Å². The first-order valence-electron chi connectivity index (χ1n) is 10.5. The Morgan fingerprint density at radius 3 is 2.42 bits per heavy atom. The Hall–Kier alpha value is -5.32. The number of phenols is 1. The summed E-state index contributed by atoms with van der Waals surface area (Å²) in [5.41, 5.74) is 5.84. The number of fused-ring (bicyclic) bond motifs is 1. The van der Waals surface area contributed by atoms with Gasteiger partial charge in [-0.05, 0) is 41.8 Å². The van der Waals surface area contributed by atoms with E-state index in [9.17, 15) is 24.8 Å². The molecule has 11 heteroatoms. The summed E-state index contributed by atoms with van der Waals surface area (Å²) in [6, 6.07) is 18.1. The highest BCUT2D eigenvalue weighted by atomic mass is 16.6. The summed E-state index contributed by atoms with van der Waals surface area (Å²) < 4.78 is 5.26. The quantitative estimate of drug-likeness (QED) is 0.184. The van der Waals surface area contributed by atoms with Crippen LogP contribution in [0.25, 0.3) is 10.8 Å². The molecule has 0 aliphatic carbocycles. The van der Waals surface area contributed by atoms with E-state index in [0.29, 0.717) is 22.2 Å². The summed E-state index contributed by atoms with van der Waals surface area (Å²) in [5.74, 6) is -1.43. The molecule has 2 amide bonds. The molecule has 0 aliphatic heterocycles. The van der Waals surface area contributed by atoms with Crippen molar-refractivity contribution in [2.24, 2.45) is 16.0 Å². The molecule has 4 aromatic carbocycles. The fourth-order valence-corrected chi connectivity index (χ4v) is 3.48. The average Bonchev–Trinajstić information content (AvgIpc) is 2.87. The molecule has 0 fully saturated rings. The molecule has 4 rings (SSSR count). The SMILES string of the molecule is COc1ccc(C(N)=O)cc1/N=N/c1c(O)c(C(=O)Nc2ccc([N+](=O)[O-])cc2)cc2ccccc12. The maximum atomic E-state index is 13.0. The van der Waals surface area contributed by atoms with Gasteiger partial charge in [0.15, 0.2) is 5.75 Å². The highest BCUT2D eigenvalue weighted by Gasteiger charge is 2.19. The Labute approximate surface area is 204 Å². The number of hydrogen-bond donors (Lipinski definition) is 3. The maximum absolute atomic E-state index is 13.0. The van der Waals surface area contributed by atoms with Gasteiger partial charge in [-0.15, -0.1) is 10.2 Å². The summed E-state index contributed by atoms with van der Waals surface area (Å²) in [7, 11) is 1.42. The average molecular weight is 485 g/mol. The van der Waals surface area contributed by atoms with E-state index in [1.807, 2.05) is 0 Å². The predicted molar refractivity (Wildman–Crippen MR) is 132 cm³/mol. The summed E-state index contributed by atoms with van der Waals surface area (Å²) in [5, 5.41) is 33.9. The van der Waals surface area contributed by atoms with E-state index in [1.54, 1.807) is 24.3 Å². The number of nitro benzene ring substituents is 1. The smallest absolute Gasteiger partial charge is 0.269 e. The van der Waals surface area contributed by atoms with Gasteiger partial charge in [0.1, 0.15) is 17.1 Å². The molecule has 0 spiro atoms. The summed E-state index contributed by atoms with van der Waals surface area (Å²) >= 11 is 0. The molecule has 0 aromatic heterocycles. The van der Waals surface area contributed by atoms with Gasteiger partial charge in [-0.1, -0.05) is 24.3 Å². The van der Waals surface area contributed by atoms with Crippen molar-refractivity contribution in [2.75, 3.05) is 12.4 Å². The Kier molecular flexibility index (Phi) is 6.55. The van der Waals surface area contributed by atoms with Crippen LogP contribution in [-0.4, -0.2) is 29.0 Å². The Balaban J connectivity index is 1.76. The zero-order chi connectivity index (χ0) is 25.8. The van der Waals surface area contributed by atoms with Crippen LogP contribution in [-0.2, 0) is 0 Å². The molecule has 0 heterocycles. The molecular weight excluding hydrogens is 466 g/mol. The number of amides is 2. The lowest BCUT2D eigenvalue weighted by Crippen LogP contribution is -2.12. The van der Waals surface area contributed by atoms with E-state index in [-0.39, 0.29) is 28.2 Å². The Morgan fingerprint density at radius 1 is 1.03 bits per heavy atom. The van der Waals surface area contributed by atoms with Gasteiger partial charge in [0, 0.05) is 28.8 Å². The van der Waals surface area contributed by atoms with Crippen LogP contribution >= 0.6 is 0 Å². The normalized spacial score (nSPS) is 10.9. The number of nitro groups is 1. The lowest BCUT2D eigenvalue weighted by Gasteiger charge is -2.11. The minimum Gasteiger partial charge on any atom is -0.505 e. The van der Waals surface area contributed by atoms with E-state index in [0.717, 1.165) is 0 Å². The predicted octanol–water partition coefficient (Wildman–Crippen LogP) is 5.23. The van der Waals surface area contributed by atoms with E-state index in [2.05, 4.69) is 15.5 Å². The molecular formula is C25H19N5O6. The van der Waals surface area contributed by atoms with Crippen molar-refractivity contribution in [3.63, 3.8) is 0 Å². The lowest BCUT2D eigenvalue weighted by molar-refractivity contribution is -0.384. The van der Waals surface area contributed by atoms with Crippen LogP contribution in [0.5, 0.6) is 11.5 Å². The van der Waals surface area contributed by atoms with Crippen LogP contribution in [0.15, 0.2) is 83.0 Å². The molecule has 0 saturated heterocycles. The number of phenolic OH excluding ortho intramolecular Hbond substituents is 1. The third kappa shape index (κ3) is 4.80. The molecule has 0 aliphatic rings. The van der Waals surface area contributed by atoms with Gasteiger partial charge in [-0.3, -0.25) is 19.7 Å². The molecule has 4 aromatic rings. The molecule has 11 nitrogen and oxygen atoms in total. The number of nitrogens with two attached hydrogens (primary N) is 1. The van der Waals surface area contributed by atoms with Crippen molar-refractivity contribution in [2.45, 2.75) is 0 Å². The number of ether oxygens (including phenoxy) is 1. The standard InChI is InChI=1S/C25H19N5O6/c1-36-21-11-6-15(24(26)32)13-20(21)28-29-22-18-5-3-2-4-14(18)12-19(23(22)31)25(33)27-16-7-9-17(10-8-16)30(34)35/h2-13,31H,1H3,(H2,26,32)(H,27,33)/b29-28+. The Bertz CT molecular complexity index is 1530. The number of primary amides is 1. The number of nitrogens with one attached hydrogen (secondary N) is 1. The summed E-state index contributed by atoms with van der Waals surface area (Å²) in [4.78, 5) is 34.9. The molecule has 0 bridgehead atoms. The second-order valence-electron chi connectivity index (χ2n) is 7.55. The number of nitrogens with zero attached hydrogens (tertiary/aromatic N) is 3. The lowest BCUT2D eigenvalue weighted by atomic mass is 10.0. The number of carbonyl (C=O) groups excluding carboxylic acids is 2. The first kappa shape index (κ1) is 23.8. The van der Waals surface area contributed by atoms with E-state index >= 15 is 0 Å². The monoisotopic (exact) mass is 485 g/mol. The minimum absolute atomic E-state index is 0.0217. The molecule has 0 radical (unpaired) electrons. The first-order chi connectivity index (χ1) is 17.3. The van der Waals surface area contributed by atoms with Gasteiger partial charge in [-0.2, -0.15) is 0 Å². The molecule has 0 unspecified atom stereocenters. The third-order valence-electron chi connectivity index (χ3n) is 5.30. The maximum Gasteiger partial charge on any atom is 0.269 e. The third-order valence-corrected chi connectivity index (χ3v) is 5.30. The number of carbonyl (C=O) groups is 2. The van der Waals surface area contributed by atoms with Gasteiger partial charge in [0.2, 0.25) is 5.91 Å². The Morgan fingerprint density at radius 2 is 1.75 bits per heavy atom.